The van der Waals surface area contributed by atoms with Crippen molar-refractivity contribution in [1.82, 2.24) is 4.98 Å². The maximum absolute atomic E-state index is 13.1. The van der Waals surface area contributed by atoms with Crippen LogP contribution in [0.3, 0.4) is 0 Å². The molecule has 0 fully saturated rings. The molecule has 1 aromatic carbocycles. The zero-order valence-corrected chi connectivity index (χ0v) is 8.36. The van der Waals surface area contributed by atoms with Gasteiger partial charge >= 0.3 is 0 Å². The molecule has 0 aliphatic rings. The summed E-state index contributed by atoms with van der Waals surface area (Å²) in [6.07, 6.45) is -0.940. The Kier molecular flexibility index (Phi) is 2.04. The van der Waals surface area contributed by atoms with E-state index in [1.165, 1.54) is 0 Å². The first-order valence-corrected chi connectivity index (χ1v) is 5.00. The van der Waals surface area contributed by atoms with Crippen LogP contribution in [-0.4, -0.2) is 4.98 Å². The number of alkyl halides is 1. The maximum atomic E-state index is 13.1. The molecule has 0 bridgehead atoms. The van der Waals surface area contributed by atoms with E-state index in [0.29, 0.717) is 5.56 Å². The van der Waals surface area contributed by atoms with E-state index in [1.54, 1.807) is 24.3 Å². The van der Waals surface area contributed by atoms with E-state index in [0.717, 1.165) is 15.2 Å². The monoisotopic (exact) mass is 195 g/mol. The van der Waals surface area contributed by atoms with E-state index in [1.807, 2.05) is 19.1 Å². The second-order valence-electron chi connectivity index (χ2n) is 3.04. The number of halogens is 1. The van der Waals surface area contributed by atoms with Gasteiger partial charge in [0.15, 0.2) is 0 Å². The minimum Gasteiger partial charge on any atom is -0.243 e. The summed E-state index contributed by atoms with van der Waals surface area (Å²) in [7, 11) is 0. The zero-order valence-electron chi connectivity index (χ0n) is 7.54. The van der Waals surface area contributed by atoms with Crippen molar-refractivity contribution in [1.29, 1.82) is 0 Å². The van der Waals surface area contributed by atoms with Crippen molar-refractivity contribution in [3.8, 4) is 0 Å². The Labute approximate surface area is 80.2 Å². The molecular weight excluding hydrogens is 185 g/mol. The average molecular weight is 195 g/mol. The summed E-state index contributed by atoms with van der Waals surface area (Å²) in [6, 6.07) is 5.66. The third-order valence-corrected chi connectivity index (χ3v) is 2.92. The van der Waals surface area contributed by atoms with Crippen molar-refractivity contribution in [3.63, 3.8) is 0 Å². The molecular formula is C10H10FNS. The molecule has 3 heteroatoms. The van der Waals surface area contributed by atoms with E-state index in [9.17, 15) is 4.39 Å². The minimum atomic E-state index is -0.940. The molecule has 68 valence electrons. The van der Waals surface area contributed by atoms with Gasteiger partial charge in [-0.1, -0.05) is 12.1 Å². The second-order valence-corrected chi connectivity index (χ2v) is 4.28. The number of rotatable bonds is 1. The van der Waals surface area contributed by atoms with E-state index in [2.05, 4.69) is 4.98 Å². The Balaban J connectivity index is 2.75. The minimum absolute atomic E-state index is 0.696. The van der Waals surface area contributed by atoms with Crippen LogP contribution in [0.4, 0.5) is 4.39 Å². The third kappa shape index (κ3) is 1.44. The number of para-hydroxylation sites is 1. The largest absolute Gasteiger partial charge is 0.243 e. The molecule has 1 unspecified atom stereocenters. The van der Waals surface area contributed by atoms with E-state index in [-0.39, 0.29) is 0 Å². The summed E-state index contributed by atoms with van der Waals surface area (Å²) >= 11 is 1.61. The molecule has 0 saturated carbocycles. The fraction of sp³-hybridized carbons (Fsp3) is 0.300. The third-order valence-electron chi connectivity index (χ3n) is 1.99. The van der Waals surface area contributed by atoms with Gasteiger partial charge in [-0.15, -0.1) is 11.3 Å². The van der Waals surface area contributed by atoms with Gasteiger partial charge in [-0.05, 0) is 19.9 Å². The van der Waals surface area contributed by atoms with Gasteiger partial charge in [0.1, 0.15) is 6.17 Å². The lowest BCUT2D eigenvalue weighted by Gasteiger charge is -2.01. The van der Waals surface area contributed by atoms with Gasteiger partial charge in [0, 0.05) is 5.56 Å². The Morgan fingerprint density at radius 1 is 1.46 bits per heavy atom. The van der Waals surface area contributed by atoms with Crippen LogP contribution in [0.2, 0.25) is 0 Å². The quantitative estimate of drug-likeness (QED) is 0.677. The topological polar surface area (TPSA) is 12.9 Å². The lowest BCUT2D eigenvalue weighted by Crippen LogP contribution is -1.86. The molecule has 0 amide bonds. The Morgan fingerprint density at radius 2 is 2.23 bits per heavy atom. The Morgan fingerprint density at radius 3 is 2.92 bits per heavy atom. The van der Waals surface area contributed by atoms with E-state index in [4.69, 9.17) is 0 Å². The van der Waals surface area contributed by atoms with Crippen LogP contribution in [0, 0.1) is 6.92 Å². The summed E-state index contributed by atoms with van der Waals surface area (Å²) in [5.74, 6) is 0. The van der Waals surface area contributed by atoms with Crippen LogP contribution in [0.1, 0.15) is 23.7 Å². The molecule has 0 radical (unpaired) electrons. The smallest absolute Gasteiger partial charge is 0.124 e. The van der Waals surface area contributed by atoms with E-state index >= 15 is 0 Å². The van der Waals surface area contributed by atoms with Crippen LogP contribution >= 0.6 is 11.3 Å². The van der Waals surface area contributed by atoms with Crippen molar-refractivity contribution in [3.05, 3.63) is 28.8 Å². The average Bonchev–Trinajstić information content (AvgIpc) is 2.43. The highest BCUT2D eigenvalue weighted by molar-refractivity contribution is 7.18. The number of fused-ring (bicyclic) bond motifs is 1. The lowest BCUT2D eigenvalue weighted by molar-refractivity contribution is 0.376. The molecule has 1 heterocycles. The molecule has 0 aliphatic carbocycles. The molecule has 1 atom stereocenters. The van der Waals surface area contributed by atoms with Gasteiger partial charge in [-0.3, -0.25) is 0 Å². The molecule has 0 spiro atoms. The number of aryl methyl sites for hydroxylation is 1. The standard InChI is InChI=1S/C10H10FNS/c1-6(11)8-4-3-5-9-10(8)12-7(2)13-9/h3-6H,1-2H3. The summed E-state index contributed by atoms with van der Waals surface area (Å²) in [6.45, 7) is 3.49. The molecule has 1 nitrogen and oxygen atoms in total. The molecule has 0 aliphatic heterocycles. The highest BCUT2D eigenvalue weighted by Gasteiger charge is 2.10. The highest BCUT2D eigenvalue weighted by Crippen LogP contribution is 2.29. The van der Waals surface area contributed by atoms with Crippen LogP contribution in [0.25, 0.3) is 10.2 Å². The number of hydrogen-bond acceptors (Lipinski definition) is 2. The summed E-state index contributed by atoms with van der Waals surface area (Å²) in [5, 5.41) is 0.989. The van der Waals surface area contributed by atoms with Gasteiger partial charge in [-0.2, -0.15) is 0 Å². The van der Waals surface area contributed by atoms with Crippen LogP contribution in [-0.2, 0) is 0 Å². The molecule has 0 saturated heterocycles. The lowest BCUT2D eigenvalue weighted by atomic mass is 10.1. The first-order chi connectivity index (χ1) is 6.18. The molecule has 1 aromatic heterocycles. The predicted molar refractivity (Wildman–Crippen MR) is 53.9 cm³/mol. The van der Waals surface area contributed by atoms with Crippen molar-refractivity contribution in [2.24, 2.45) is 0 Å². The molecule has 0 N–H and O–H groups in total. The van der Waals surface area contributed by atoms with Crippen molar-refractivity contribution >= 4 is 21.6 Å². The summed E-state index contributed by atoms with van der Waals surface area (Å²) < 4.78 is 14.2. The second kappa shape index (κ2) is 3.07. The molecule has 13 heavy (non-hydrogen) atoms. The van der Waals surface area contributed by atoms with Gasteiger partial charge < -0.3 is 0 Å². The normalized spacial score (nSPS) is 13.5. The van der Waals surface area contributed by atoms with Crippen LogP contribution in [0.5, 0.6) is 0 Å². The SMILES string of the molecule is Cc1nc2c(C(C)F)cccc2s1. The van der Waals surface area contributed by atoms with Gasteiger partial charge in [0.25, 0.3) is 0 Å². The first-order valence-electron chi connectivity index (χ1n) is 4.18. The molecule has 2 aromatic rings. The van der Waals surface area contributed by atoms with Crippen molar-refractivity contribution < 1.29 is 4.39 Å². The number of aromatic nitrogens is 1. The predicted octanol–water partition coefficient (Wildman–Crippen LogP) is 3.64. The Bertz CT molecular complexity index is 433. The maximum Gasteiger partial charge on any atom is 0.124 e. The number of benzene rings is 1. The van der Waals surface area contributed by atoms with Crippen molar-refractivity contribution in [2.45, 2.75) is 20.0 Å². The molecule has 2 rings (SSSR count). The zero-order chi connectivity index (χ0) is 9.42. The fourth-order valence-corrected chi connectivity index (χ4v) is 2.26. The van der Waals surface area contributed by atoms with Gasteiger partial charge in [-0.25, -0.2) is 9.37 Å². The fourth-order valence-electron chi connectivity index (χ4n) is 1.40. The summed E-state index contributed by atoms with van der Waals surface area (Å²) in [4.78, 5) is 4.31. The number of hydrogen-bond donors (Lipinski definition) is 0. The summed E-state index contributed by atoms with van der Waals surface area (Å²) in [5.41, 5.74) is 1.52. The number of thiazole rings is 1. The van der Waals surface area contributed by atoms with Crippen molar-refractivity contribution in [2.75, 3.05) is 0 Å². The Hall–Kier alpha value is -0.960. The first kappa shape index (κ1) is 8.63. The van der Waals surface area contributed by atoms with Crippen LogP contribution < -0.4 is 0 Å². The van der Waals surface area contributed by atoms with Crippen LogP contribution in [0.15, 0.2) is 18.2 Å². The van der Waals surface area contributed by atoms with Gasteiger partial charge in [0.2, 0.25) is 0 Å². The van der Waals surface area contributed by atoms with E-state index < -0.39 is 6.17 Å². The number of nitrogens with zero attached hydrogens (tertiary/aromatic N) is 1. The highest BCUT2D eigenvalue weighted by atomic mass is 32.1. The van der Waals surface area contributed by atoms with Gasteiger partial charge in [0.05, 0.1) is 15.2 Å².